The zero-order valence-corrected chi connectivity index (χ0v) is 19.5. The average molecular weight is 510 g/mol. The highest BCUT2D eigenvalue weighted by Crippen LogP contribution is 2.30. The van der Waals surface area contributed by atoms with Gasteiger partial charge in [-0.05, 0) is 49.7 Å². The number of amides is 1. The molecule has 1 amide bonds. The van der Waals surface area contributed by atoms with Crippen molar-refractivity contribution in [3.63, 3.8) is 0 Å². The number of aryl methyl sites for hydroxylation is 1. The Morgan fingerprint density at radius 2 is 1.78 bits per heavy atom. The van der Waals surface area contributed by atoms with E-state index in [1.54, 1.807) is 31.9 Å². The number of carbonyl (C=O) groups is 1. The molecule has 2 aromatic carbocycles. The fourth-order valence-electron chi connectivity index (χ4n) is 3.24. The SMILES string of the molecule is COc1ccc(Cn2nc(C)c(NC(=O)c3cc(Br)ccc3OC(F)F)c2C)cc1OC. The van der Waals surface area contributed by atoms with Crippen LogP contribution in [0.1, 0.15) is 27.3 Å². The summed E-state index contributed by atoms with van der Waals surface area (Å²) in [5.74, 6) is 0.419. The van der Waals surface area contributed by atoms with Crippen molar-refractivity contribution in [3.8, 4) is 17.2 Å². The normalized spacial score (nSPS) is 10.9. The van der Waals surface area contributed by atoms with Crippen molar-refractivity contribution >= 4 is 27.5 Å². The Morgan fingerprint density at radius 1 is 1.09 bits per heavy atom. The molecular formula is C22H22BrF2N3O4. The van der Waals surface area contributed by atoms with Gasteiger partial charge in [0.2, 0.25) is 0 Å². The van der Waals surface area contributed by atoms with Crippen LogP contribution in [0.4, 0.5) is 14.5 Å². The molecule has 0 saturated carbocycles. The van der Waals surface area contributed by atoms with Gasteiger partial charge in [-0.3, -0.25) is 9.48 Å². The summed E-state index contributed by atoms with van der Waals surface area (Å²) < 4.78 is 42.9. The first-order valence-electron chi connectivity index (χ1n) is 9.54. The van der Waals surface area contributed by atoms with Gasteiger partial charge in [0.1, 0.15) is 5.75 Å². The molecule has 0 spiro atoms. The summed E-state index contributed by atoms with van der Waals surface area (Å²) in [6.07, 6.45) is 0. The first-order chi connectivity index (χ1) is 15.2. The highest BCUT2D eigenvalue weighted by atomic mass is 79.9. The van der Waals surface area contributed by atoms with Crippen LogP contribution < -0.4 is 19.5 Å². The highest BCUT2D eigenvalue weighted by molar-refractivity contribution is 9.10. The van der Waals surface area contributed by atoms with Gasteiger partial charge < -0.3 is 19.5 Å². The molecule has 32 heavy (non-hydrogen) atoms. The standard InChI is InChI=1S/C22H22BrF2N3O4/c1-12-20(26-21(29)16-10-15(23)6-8-17(16)32-22(24)25)13(2)28(27-12)11-14-5-7-18(30-3)19(9-14)31-4/h5-10,22H,11H2,1-4H3,(H,26,29). The number of rotatable bonds is 8. The minimum Gasteiger partial charge on any atom is -0.493 e. The van der Waals surface area contributed by atoms with Crippen LogP contribution in [-0.2, 0) is 6.54 Å². The van der Waals surface area contributed by atoms with Gasteiger partial charge in [0.25, 0.3) is 5.91 Å². The van der Waals surface area contributed by atoms with E-state index >= 15 is 0 Å². The van der Waals surface area contributed by atoms with E-state index in [1.165, 1.54) is 18.2 Å². The molecule has 0 aliphatic heterocycles. The third-order valence-corrected chi connectivity index (χ3v) is 5.30. The molecule has 7 nitrogen and oxygen atoms in total. The Labute approximate surface area is 192 Å². The van der Waals surface area contributed by atoms with Crippen molar-refractivity contribution in [2.75, 3.05) is 19.5 Å². The molecule has 0 fully saturated rings. The lowest BCUT2D eigenvalue weighted by Crippen LogP contribution is -2.16. The van der Waals surface area contributed by atoms with Gasteiger partial charge in [0, 0.05) is 4.47 Å². The Morgan fingerprint density at radius 3 is 2.44 bits per heavy atom. The summed E-state index contributed by atoms with van der Waals surface area (Å²) >= 11 is 3.25. The van der Waals surface area contributed by atoms with Crippen LogP contribution >= 0.6 is 15.9 Å². The van der Waals surface area contributed by atoms with Crippen molar-refractivity contribution in [2.45, 2.75) is 27.0 Å². The predicted octanol–water partition coefficient (Wildman–Crippen LogP) is 5.18. The maximum absolute atomic E-state index is 12.9. The van der Waals surface area contributed by atoms with Gasteiger partial charge in [-0.2, -0.15) is 13.9 Å². The number of aromatic nitrogens is 2. The van der Waals surface area contributed by atoms with Crippen molar-refractivity contribution in [2.24, 2.45) is 0 Å². The van der Waals surface area contributed by atoms with Gasteiger partial charge in [-0.15, -0.1) is 0 Å². The molecule has 0 saturated heterocycles. The zero-order valence-electron chi connectivity index (χ0n) is 17.9. The lowest BCUT2D eigenvalue weighted by atomic mass is 10.1. The number of methoxy groups -OCH3 is 2. The predicted molar refractivity (Wildman–Crippen MR) is 119 cm³/mol. The first kappa shape index (κ1) is 23.5. The third-order valence-electron chi connectivity index (χ3n) is 4.80. The van der Waals surface area contributed by atoms with Crippen LogP contribution in [-0.4, -0.2) is 36.5 Å². The summed E-state index contributed by atoms with van der Waals surface area (Å²) in [6.45, 7) is 0.953. The Hall–Kier alpha value is -3.14. The van der Waals surface area contributed by atoms with Crippen LogP contribution in [0.25, 0.3) is 0 Å². The number of carbonyl (C=O) groups excluding carboxylic acids is 1. The molecule has 1 aromatic heterocycles. The molecule has 10 heteroatoms. The lowest BCUT2D eigenvalue weighted by molar-refractivity contribution is -0.0501. The van der Waals surface area contributed by atoms with Crippen LogP contribution in [0.3, 0.4) is 0 Å². The molecule has 0 aliphatic carbocycles. The zero-order chi connectivity index (χ0) is 23.4. The van der Waals surface area contributed by atoms with E-state index < -0.39 is 12.5 Å². The minimum atomic E-state index is -3.05. The number of alkyl halides is 2. The number of ether oxygens (including phenoxy) is 3. The molecule has 0 bridgehead atoms. The number of hydrogen-bond donors (Lipinski definition) is 1. The van der Waals surface area contributed by atoms with Gasteiger partial charge in [0.05, 0.1) is 43.4 Å². The maximum Gasteiger partial charge on any atom is 0.387 e. The van der Waals surface area contributed by atoms with E-state index in [2.05, 4.69) is 31.1 Å². The molecule has 3 aromatic rings. The summed E-state index contributed by atoms with van der Waals surface area (Å²) in [4.78, 5) is 12.9. The molecule has 0 aliphatic rings. The van der Waals surface area contributed by atoms with E-state index in [0.717, 1.165) is 5.56 Å². The van der Waals surface area contributed by atoms with Crippen LogP contribution in [0.15, 0.2) is 40.9 Å². The van der Waals surface area contributed by atoms with Gasteiger partial charge >= 0.3 is 6.61 Å². The largest absolute Gasteiger partial charge is 0.493 e. The second kappa shape index (κ2) is 9.99. The summed E-state index contributed by atoms with van der Waals surface area (Å²) in [5, 5.41) is 7.28. The third kappa shape index (κ3) is 5.18. The molecule has 0 unspecified atom stereocenters. The van der Waals surface area contributed by atoms with Crippen molar-refractivity contribution < 1.29 is 27.8 Å². The quantitative estimate of drug-likeness (QED) is 0.452. The van der Waals surface area contributed by atoms with E-state index in [-0.39, 0.29) is 11.3 Å². The number of anilines is 1. The second-order valence-corrected chi connectivity index (χ2v) is 7.78. The number of halogens is 3. The van der Waals surface area contributed by atoms with E-state index in [9.17, 15) is 13.6 Å². The van der Waals surface area contributed by atoms with Crippen molar-refractivity contribution in [3.05, 3.63) is 63.4 Å². The van der Waals surface area contributed by atoms with Crippen LogP contribution in [0.5, 0.6) is 17.2 Å². The fourth-order valence-corrected chi connectivity index (χ4v) is 3.60. The van der Waals surface area contributed by atoms with Crippen LogP contribution in [0, 0.1) is 13.8 Å². The number of benzene rings is 2. The molecule has 0 radical (unpaired) electrons. The number of hydrogen-bond acceptors (Lipinski definition) is 5. The minimum absolute atomic E-state index is 0.0221. The smallest absolute Gasteiger partial charge is 0.387 e. The van der Waals surface area contributed by atoms with Crippen molar-refractivity contribution in [1.29, 1.82) is 0 Å². The number of nitrogens with zero attached hydrogens (tertiary/aromatic N) is 2. The van der Waals surface area contributed by atoms with Gasteiger partial charge in [0.15, 0.2) is 11.5 Å². The molecule has 0 atom stereocenters. The average Bonchev–Trinajstić information content (AvgIpc) is 3.01. The molecule has 170 valence electrons. The summed E-state index contributed by atoms with van der Waals surface area (Å²) in [6, 6.07) is 9.80. The first-order valence-corrected chi connectivity index (χ1v) is 10.3. The Bertz CT molecular complexity index is 1130. The van der Waals surface area contributed by atoms with Crippen molar-refractivity contribution in [1.82, 2.24) is 9.78 Å². The summed E-state index contributed by atoms with van der Waals surface area (Å²) in [7, 11) is 3.13. The van der Waals surface area contributed by atoms with Gasteiger partial charge in [-0.1, -0.05) is 22.0 Å². The topological polar surface area (TPSA) is 74.6 Å². The molecular weight excluding hydrogens is 488 g/mol. The lowest BCUT2D eigenvalue weighted by Gasteiger charge is -2.12. The molecule has 1 N–H and O–H groups in total. The second-order valence-electron chi connectivity index (χ2n) is 6.87. The summed E-state index contributed by atoms with van der Waals surface area (Å²) in [5.41, 5.74) is 2.69. The molecule has 1 heterocycles. The Kier molecular flexibility index (Phi) is 7.34. The molecule has 3 rings (SSSR count). The van der Waals surface area contributed by atoms with Crippen LogP contribution in [0.2, 0.25) is 0 Å². The number of nitrogens with one attached hydrogen (secondary N) is 1. The van der Waals surface area contributed by atoms with E-state index in [4.69, 9.17) is 9.47 Å². The Balaban J connectivity index is 1.86. The van der Waals surface area contributed by atoms with E-state index in [0.29, 0.717) is 39.6 Å². The van der Waals surface area contributed by atoms with Gasteiger partial charge in [-0.25, -0.2) is 0 Å². The fraction of sp³-hybridized carbons (Fsp3) is 0.273. The monoisotopic (exact) mass is 509 g/mol. The van der Waals surface area contributed by atoms with E-state index in [1.807, 2.05) is 19.1 Å². The highest BCUT2D eigenvalue weighted by Gasteiger charge is 2.20. The maximum atomic E-state index is 12.9.